The predicted molar refractivity (Wildman–Crippen MR) is 89.0 cm³/mol. The van der Waals surface area contributed by atoms with Crippen LogP contribution in [-0.2, 0) is 6.42 Å². The Bertz CT molecular complexity index is 830. The number of ether oxygens (including phenoxy) is 1. The van der Waals surface area contributed by atoms with Crippen molar-refractivity contribution in [3.8, 4) is 17.2 Å². The highest BCUT2D eigenvalue weighted by atomic mass is 16.6. The number of aromatic nitrogens is 1. The molecule has 0 saturated heterocycles. The van der Waals surface area contributed by atoms with Gasteiger partial charge in [-0.05, 0) is 12.5 Å². The Morgan fingerprint density at radius 3 is 2.67 bits per heavy atom. The highest BCUT2D eigenvalue weighted by molar-refractivity contribution is 5.70. The third-order valence-corrected chi connectivity index (χ3v) is 3.58. The fourth-order valence-corrected chi connectivity index (χ4v) is 2.53. The molecular weight excluding hydrogens is 308 g/mol. The number of benzene rings is 2. The quantitative estimate of drug-likeness (QED) is 0.500. The number of nitro benzene ring substituents is 1. The Kier molecular flexibility index (Phi) is 4.56. The molecule has 1 heterocycles. The van der Waals surface area contributed by atoms with Crippen molar-refractivity contribution in [3.05, 3.63) is 76.2 Å². The van der Waals surface area contributed by atoms with E-state index in [9.17, 15) is 10.1 Å². The second-order valence-corrected chi connectivity index (χ2v) is 5.17. The summed E-state index contributed by atoms with van der Waals surface area (Å²) in [6.45, 7) is 2.34. The van der Waals surface area contributed by atoms with E-state index in [0.29, 0.717) is 24.3 Å². The van der Waals surface area contributed by atoms with Gasteiger partial charge in [0.1, 0.15) is 17.6 Å². The normalized spacial score (nSPS) is 10.5. The van der Waals surface area contributed by atoms with Gasteiger partial charge in [-0.3, -0.25) is 10.1 Å². The van der Waals surface area contributed by atoms with Crippen molar-refractivity contribution >= 4 is 5.69 Å². The summed E-state index contributed by atoms with van der Waals surface area (Å²) in [6, 6.07) is 12.9. The Morgan fingerprint density at radius 1 is 1.25 bits per heavy atom. The molecule has 0 amide bonds. The summed E-state index contributed by atoms with van der Waals surface area (Å²) in [5.41, 5.74) is 2.07. The van der Waals surface area contributed by atoms with Crippen LogP contribution in [0.3, 0.4) is 0 Å². The number of nitrogens with zero attached hydrogens (tertiary/aromatic N) is 2. The van der Waals surface area contributed by atoms with Crippen LogP contribution in [0.5, 0.6) is 5.75 Å². The van der Waals surface area contributed by atoms with Gasteiger partial charge in [0.15, 0.2) is 0 Å². The molecule has 0 radical (unpaired) electrons. The summed E-state index contributed by atoms with van der Waals surface area (Å²) < 4.78 is 10.9. The average molecular weight is 324 g/mol. The van der Waals surface area contributed by atoms with Crippen LogP contribution in [0.4, 0.5) is 5.69 Å². The van der Waals surface area contributed by atoms with Gasteiger partial charge in [-0.2, -0.15) is 0 Å². The monoisotopic (exact) mass is 324 g/mol. The number of nitro groups is 1. The molecule has 2 aromatic carbocycles. The maximum atomic E-state index is 11.5. The van der Waals surface area contributed by atoms with Crippen molar-refractivity contribution in [2.24, 2.45) is 0 Å². The summed E-state index contributed by atoms with van der Waals surface area (Å²) >= 11 is 0. The number of rotatable bonds is 6. The molecule has 122 valence electrons. The molecule has 0 aliphatic rings. The first-order valence-corrected chi connectivity index (χ1v) is 7.57. The zero-order chi connectivity index (χ0) is 16.9. The fourth-order valence-electron chi connectivity index (χ4n) is 2.53. The van der Waals surface area contributed by atoms with Gasteiger partial charge in [-0.1, -0.05) is 30.3 Å². The van der Waals surface area contributed by atoms with E-state index < -0.39 is 4.92 Å². The van der Waals surface area contributed by atoms with Crippen molar-refractivity contribution < 1.29 is 14.1 Å². The molecular formula is C18H16N2O4. The molecule has 0 spiro atoms. The minimum Gasteiger partial charge on any atom is -0.494 e. The van der Waals surface area contributed by atoms with Gasteiger partial charge >= 0.3 is 0 Å². The van der Waals surface area contributed by atoms with E-state index in [2.05, 4.69) is 4.98 Å². The highest BCUT2D eigenvalue weighted by Gasteiger charge is 2.23. The molecule has 6 nitrogen and oxygen atoms in total. The second-order valence-electron chi connectivity index (χ2n) is 5.17. The average Bonchev–Trinajstić information content (AvgIpc) is 3.11. The standard InChI is InChI=1S/C18H16N2O4/c1-2-23-17-12-15(18-19-8-9-24-18)16(20(21)22)11-14(17)10-13-6-4-3-5-7-13/h3-9,11-12H,2,10H2,1H3. The summed E-state index contributed by atoms with van der Waals surface area (Å²) in [5.74, 6) is 0.800. The van der Waals surface area contributed by atoms with Crippen LogP contribution in [0.15, 0.2) is 59.3 Å². The van der Waals surface area contributed by atoms with Crippen LogP contribution in [0, 0.1) is 10.1 Å². The van der Waals surface area contributed by atoms with Crippen LogP contribution in [0.1, 0.15) is 18.1 Å². The van der Waals surface area contributed by atoms with E-state index in [1.807, 2.05) is 37.3 Å². The molecule has 3 rings (SSSR count). The lowest BCUT2D eigenvalue weighted by atomic mass is 10.0. The zero-order valence-electron chi connectivity index (χ0n) is 13.1. The van der Waals surface area contributed by atoms with E-state index in [1.165, 1.54) is 18.5 Å². The van der Waals surface area contributed by atoms with Crippen LogP contribution in [-0.4, -0.2) is 16.5 Å². The maximum absolute atomic E-state index is 11.5. The molecule has 0 fully saturated rings. The molecule has 0 aliphatic heterocycles. The fraction of sp³-hybridized carbons (Fsp3) is 0.167. The van der Waals surface area contributed by atoms with Crippen LogP contribution in [0.25, 0.3) is 11.5 Å². The minimum atomic E-state index is -0.427. The Labute approximate surface area is 138 Å². The first-order chi connectivity index (χ1) is 11.7. The predicted octanol–water partition coefficient (Wildman–Crippen LogP) is 4.24. The molecule has 0 bridgehead atoms. The van der Waals surface area contributed by atoms with Crippen molar-refractivity contribution in [1.29, 1.82) is 0 Å². The second kappa shape index (κ2) is 6.95. The van der Waals surface area contributed by atoms with Gasteiger partial charge in [-0.15, -0.1) is 0 Å². The van der Waals surface area contributed by atoms with Gasteiger partial charge < -0.3 is 9.15 Å². The molecule has 0 aliphatic carbocycles. The molecule has 0 atom stereocenters. The van der Waals surface area contributed by atoms with Crippen molar-refractivity contribution in [1.82, 2.24) is 4.98 Å². The van der Waals surface area contributed by atoms with Crippen molar-refractivity contribution in [2.75, 3.05) is 6.61 Å². The van der Waals surface area contributed by atoms with E-state index in [-0.39, 0.29) is 11.6 Å². The topological polar surface area (TPSA) is 78.4 Å². The van der Waals surface area contributed by atoms with Crippen molar-refractivity contribution in [3.63, 3.8) is 0 Å². The van der Waals surface area contributed by atoms with Crippen molar-refractivity contribution in [2.45, 2.75) is 13.3 Å². The molecule has 1 aromatic heterocycles. The molecule has 0 saturated carbocycles. The molecule has 0 N–H and O–H groups in total. The lowest BCUT2D eigenvalue weighted by Gasteiger charge is -2.12. The summed E-state index contributed by atoms with van der Waals surface area (Å²) in [7, 11) is 0. The first-order valence-electron chi connectivity index (χ1n) is 7.57. The Balaban J connectivity index is 2.10. The lowest BCUT2D eigenvalue weighted by molar-refractivity contribution is -0.384. The van der Waals surface area contributed by atoms with Gasteiger partial charge in [0, 0.05) is 24.1 Å². The minimum absolute atomic E-state index is 0.0492. The maximum Gasteiger partial charge on any atom is 0.282 e. The molecule has 6 heteroatoms. The third-order valence-electron chi connectivity index (χ3n) is 3.58. The van der Waals surface area contributed by atoms with Crippen LogP contribution >= 0.6 is 0 Å². The van der Waals surface area contributed by atoms with Gasteiger partial charge in [0.25, 0.3) is 5.69 Å². The molecule has 0 unspecified atom stereocenters. The Morgan fingerprint density at radius 2 is 2.04 bits per heavy atom. The number of oxazole rings is 1. The van der Waals surface area contributed by atoms with E-state index >= 15 is 0 Å². The third kappa shape index (κ3) is 3.27. The number of hydrogen-bond donors (Lipinski definition) is 0. The lowest BCUT2D eigenvalue weighted by Crippen LogP contribution is -2.01. The summed E-state index contributed by atoms with van der Waals surface area (Å²) in [6.07, 6.45) is 3.39. The van der Waals surface area contributed by atoms with Gasteiger partial charge in [0.05, 0.1) is 17.7 Å². The number of hydrogen-bond acceptors (Lipinski definition) is 5. The zero-order valence-corrected chi connectivity index (χ0v) is 13.1. The highest BCUT2D eigenvalue weighted by Crippen LogP contribution is 2.36. The largest absolute Gasteiger partial charge is 0.494 e. The van der Waals surface area contributed by atoms with Crippen LogP contribution < -0.4 is 4.74 Å². The molecule has 24 heavy (non-hydrogen) atoms. The van der Waals surface area contributed by atoms with Gasteiger partial charge in [-0.25, -0.2) is 4.98 Å². The molecule has 3 aromatic rings. The summed E-state index contributed by atoms with van der Waals surface area (Å²) in [4.78, 5) is 15.1. The van der Waals surface area contributed by atoms with Gasteiger partial charge in [0.2, 0.25) is 5.89 Å². The Hall–Kier alpha value is -3.15. The van der Waals surface area contributed by atoms with Crippen LogP contribution in [0.2, 0.25) is 0 Å². The van der Waals surface area contributed by atoms with E-state index in [1.54, 1.807) is 6.07 Å². The smallest absolute Gasteiger partial charge is 0.282 e. The van der Waals surface area contributed by atoms with E-state index in [4.69, 9.17) is 9.15 Å². The summed E-state index contributed by atoms with van der Waals surface area (Å²) in [5, 5.41) is 11.5. The first kappa shape index (κ1) is 15.7. The SMILES string of the molecule is CCOc1cc(-c2ncco2)c([N+](=O)[O-])cc1Cc1ccccc1. The van der Waals surface area contributed by atoms with E-state index in [0.717, 1.165) is 11.1 Å².